The van der Waals surface area contributed by atoms with Gasteiger partial charge in [0, 0.05) is 56.4 Å². The molecule has 0 aromatic heterocycles. The molecular weight excluding hydrogens is 710 g/mol. The van der Waals surface area contributed by atoms with Crippen LogP contribution in [-0.2, 0) is 22.4 Å². The van der Waals surface area contributed by atoms with Crippen molar-refractivity contribution in [2.75, 3.05) is 58.2 Å². The van der Waals surface area contributed by atoms with E-state index in [-0.39, 0.29) is 35.7 Å². The van der Waals surface area contributed by atoms with Gasteiger partial charge >= 0.3 is 12.1 Å². The molecule has 4 aliphatic heterocycles. The summed E-state index contributed by atoms with van der Waals surface area (Å²) in [5.41, 5.74) is 3.83. The number of methoxy groups -OCH3 is 1. The van der Waals surface area contributed by atoms with Crippen LogP contribution in [0.5, 0.6) is 5.75 Å². The van der Waals surface area contributed by atoms with Crippen LogP contribution < -0.4 is 5.32 Å². The molecule has 0 bridgehead atoms. The topological polar surface area (TPSA) is 106 Å². The predicted octanol–water partition coefficient (Wildman–Crippen LogP) is 7.14. The molecular formula is C40H56BrN5O5. The summed E-state index contributed by atoms with van der Waals surface area (Å²) in [6.07, 6.45) is 10.7. The van der Waals surface area contributed by atoms with Gasteiger partial charge in [-0.05, 0) is 134 Å². The van der Waals surface area contributed by atoms with Gasteiger partial charge in [0.1, 0.15) is 5.75 Å². The Balaban J connectivity index is 0.000000183. The van der Waals surface area contributed by atoms with Crippen molar-refractivity contribution in [3.63, 3.8) is 0 Å². The van der Waals surface area contributed by atoms with Crippen molar-refractivity contribution in [2.24, 2.45) is 17.3 Å². The summed E-state index contributed by atoms with van der Waals surface area (Å²) in [7, 11) is 1.40. The number of hydrogen-bond acceptors (Lipinski definition) is 6. The molecule has 3 saturated heterocycles. The number of hydrogen-bond donors (Lipinski definition) is 2. The van der Waals surface area contributed by atoms with Gasteiger partial charge < -0.3 is 34.8 Å². The molecule has 2 aromatic carbocycles. The fraction of sp³-hybridized carbons (Fsp3) is 0.625. The van der Waals surface area contributed by atoms with Gasteiger partial charge in [-0.3, -0.25) is 4.79 Å². The monoisotopic (exact) mass is 765 g/mol. The minimum atomic E-state index is -0.286. The van der Waals surface area contributed by atoms with E-state index in [0.29, 0.717) is 42.0 Å². The quantitative estimate of drug-likeness (QED) is 0.324. The molecule has 278 valence electrons. The number of rotatable bonds is 6. The number of anilines is 1. The van der Waals surface area contributed by atoms with Gasteiger partial charge in [0.25, 0.3) is 0 Å². The highest BCUT2D eigenvalue weighted by molar-refractivity contribution is 9.10. The van der Waals surface area contributed by atoms with Gasteiger partial charge in [0.2, 0.25) is 5.91 Å². The minimum absolute atomic E-state index is 0.0296. The highest BCUT2D eigenvalue weighted by Crippen LogP contribution is 2.54. The van der Waals surface area contributed by atoms with Crippen LogP contribution in [0.3, 0.4) is 0 Å². The fourth-order valence-electron chi connectivity index (χ4n) is 8.68. The molecule has 4 fully saturated rings. The lowest BCUT2D eigenvalue weighted by molar-refractivity contribution is -0.136. The summed E-state index contributed by atoms with van der Waals surface area (Å²) in [6.45, 7) is 10.8. The fourth-order valence-corrected chi connectivity index (χ4v) is 9.10. The lowest BCUT2D eigenvalue weighted by Gasteiger charge is -2.43. The van der Waals surface area contributed by atoms with Gasteiger partial charge in [0.15, 0.2) is 0 Å². The van der Waals surface area contributed by atoms with Gasteiger partial charge in [-0.1, -0.05) is 38.1 Å². The van der Waals surface area contributed by atoms with Gasteiger partial charge in [-0.15, -0.1) is 0 Å². The van der Waals surface area contributed by atoms with Crippen LogP contribution in [-0.4, -0.2) is 108 Å². The number of nitrogens with one attached hydrogen (secondary N) is 1. The standard InChI is InChI=1S/C24H35BrN2O2.C16H21N3O3/c1-17(15-18-3-4-22(28)21(25)16-18)23(29)27-13-7-20(8-14-27)26-11-5-19(6-12-26)24(2)9-10-24;1-22-16(21)18-9-7-13(8-10-18)19-11-6-12-4-2-3-5-14(12)17-15(19)20/h3-4,16-17,19-20,28H,5-15H2,1-2H3;2-5,13H,6-11H2,1H3,(H,17,20)/t17-;/m1./s1. The number of benzene rings is 2. The van der Waals surface area contributed by atoms with Crippen molar-refractivity contribution in [3.05, 3.63) is 58.1 Å². The number of halogens is 1. The Labute approximate surface area is 312 Å². The summed E-state index contributed by atoms with van der Waals surface area (Å²) < 4.78 is 5.44. The molecule has 2 aromatic rings. The van der Waals surface area contributed by atoms with Crippen LogP contribution in [0, 0.1) is 17.3 Å². The second-order valence-corrected chi connectivity index (χ2v) is 16.5. The van der Waals surface area contributed by atoms with Crippen molar-refractivity contribution < 1.29 is 24.2 Å². The summed E-state index contributed by atoms with van der Waals surface area (Å²) in [5, 5.41) is 12.7. The first-order valence-electron chi connectivity index (χ1n) is 19.0. The number of piperidine rings is 3. The van der Waals surface area contributed by atoms with Crippen LogP contribution in [0.25, 0.3) is 0 Å². The van der Waals surface area contributed by atoms with E-state index in [4.69, 9.17) is 4.74 Å². The number of carbonyl (C=O) groups is 3. The summed E-state index contributed by atoms with van der Waals surface area (Å²) >= 11 is 3.36. The first-order chi connectivity index (χ1) is 24.5. The molecule has 7 rings (SSSR count). The van der Waals surface area contributed by atoms with E-state index in [1.165, 1.54) is 51.4 Å². The number of likely N-dealkylation sites (tertiary alicyclic amines) is 3. The van der Waals surface area contributed by atoms with Gasteiger partial charge in [0.05, 0.1) is 11.6 Å². The lowest BCUT2D eigenvalue weighted by Crippen LogP contribution is -2.50. The van der Waals surface area contributed by atoms with Crippen LogP contribution in [0.15, 0.2) is 46.9 Å². The number of nitrogens with zero attached hydrogens (tertiary/aromatic N) is 4. The van der Waals surface area contributed by atoms with Gasteiger partial charge in [-0.2, -0.15) is 0 Å². The smallest absolute Gasteiger partial charge is 0.409 e. The van der Waals surface area contributed by atoms with E-state index < -0.39 is 0 Å². The SMILES string of the molecule is COC(=O)N1CCC(N2CCc3ccccc3NC2=O)CC1.C[C@H](Cc1ccc(O)c(Br)c1)C(=O)N1CCC(N2CCC(C3(C)CC3)CC2)CC1. The molecule has 51 heavy (non-hydrogen) atoms. The zero-order valence-corrected chi connectivity index (χ0v) is 32.2. The number of aromatic hydroxyl groups is 1. The van der Waals surface area contributed by atoms with Crippen molar-refractivity contribution in [2.45, 2.75) is 90.1 Å². The third kappa shape index (κ3) is 9.20. The third-order valence-electron chi connectivity index (χ3n) is 12.3. The largest absolute Gasteiger partial charge is 0.507 e. The molecule has 0 spiro atoms. The maximum atomic E-state index is 12.9. The number of fused-ring (bicyclic) bond motifs is 1. The van der Waals surface area contributed by atoms with Crippen molar-refractivity contribution in [1.29, 1.82) is 0 Å². The van der Waals surface area contributed by atoms with Crippen LogP contribution in [0.2, 0.25) is 0 Å². The van der Waals surface area contributed by atoms with E-state index >= 15 is 0 Å². The van der Waals surface area contributed by atoms with E-state index in [1.54, 1.807) is 11.0 Å². The summed E-state index contributed by atoms with van der Waals surface area (Å²) in [4.78, 5) is 45.3. The number of carbonyl (C=O) groups excluding carboxylic acids is 3. The number of ether oxygens (including phenoxy) is 1. The molecule has 11 heteroatoms. The molecule has 1 atom stereocenters. The number of para-hydroxylation sites is 1. The number of phenols is 1. The van der Waals surface area contributed by atoms with E-state index in [9.17, 15) is 19.5 Å². The highest BCUT2D eigenvalue weighted by atomic mass is 79.9. The molecule has 5 aliphatic rings. The second-order valence-electron chi connectivity index (χ2n) is 15.6. The average molecular weight is 767 g/mol. The zero-order chi connectivity index (χ0) is 36.1. The lowest BCUT2D eigenvalue weighted by atomic mass is 9.82. The molecule has 1 saturated carbocycles. The first-order valence-corrected chi connectivity index (χ1v) is 19.8. The van der Waals surface area contributed by atoms with E-state index in [1.807, 2.05) is 42.2 Å². The van der Waals surface area contributed by atoms with Crippen LogP contribution >= 0.6 is 15.9 Å². The molecule has 0 radical (unpaired) electrons. The Morgan fingerprint density at radius 3 is 2.22 bits per heavy atom. The van der Waals surface area contributed by atoms with Crippen molar-refractivity contribution in [1.82, 2.24) is 19.6 Å². The zero-order valence-electron chi connectivity index (χ0n) is 30.6. The molecule has 10 nitrogen and oxygen atoms in total. The summed E-state index contributed by atoms with van der Waals surface area (Å²) in [6, 6.07) is 14.2. The second kappa shape index (κ2) is 16.6. The Kier molecular flexibility index (Phi) is 12.2. The third-order valence-corrected chi connectivity index (χ3v) is 12.9. The molecule has 1 aliphatic carbocycles. The molecule has 4 heterocycles. The van der Waals surface area contributed by atoms with E-state index in [0.717, 1.165) is 62.4 Å². The Bertz CT molecular complexity index is 1530. The Morgan fingerprint density at radius 1 is 0.922 bits per heavy atom. The van der Waals surface area contributed by atoms with Crippen LogP contribution in [0.1, 0.15) is 76.3 Å². The number of phenolic OH excluding ortho intramolecular Hbond substituents is 1. The predicted molar refractivity (Wildman–Crippen MR) is 203 cm³/mol. The normalized spacial score (nSPS) is 22.2. The van der Waals surface area contributed by atoms with Crippen LogP contribution in [0.4, 0.5) is 15.3 Å². The Hall–Kier alpha value is -3.31. The Morgan fingerprint density at radius 2 is 1.57 bits per heavy atom. The molecule has 2 N–H and O–H groups in total. The minimum Gasteiger partial charge on any atom is -0.507 e. The molecule has 0 unspecified atom stereocenters. The number of urea groups is 1. The molecule has 4 amide bonds. The van der Waals surface area contributed by atoms with Crippen molar-refractivity contribution in [3.8, 4) is 5.75 Å². The highest BCUT2D eigenvalue weighted by Gasteiger charge is 2.46. The van der Waals surface area contributed by atoms with Crippen molar-refractivity contribution >= 4 is 39.6 Å². The number of amides is 4. The summed E-state index contributed by atoms with van der Waals surface area (Å²) in [5.74, 6) is 1.43. The maximum absolute atomic E-state index is 12.9. The average Bonchev–Trinajstić information content (AvgIpc) is 3.94. The first kappa shape index (κ1) is 37.4. The van der Waals surface area contributed by atoms with E-state index in [2.05, 4.69) is 44.0 Å². The van der Waals surface area contributed by atoms with Gasteiger partial charge in [-0.25, -0.2) is 9.59 Å². The maximum Gasteiger partial charge on any atom is 0.409 e.